The van der Waals surface area contributed by atoms with Crippen LogP contribution in [0.4, 0.5) is 10.5 Å². The van der Waals surface area contributed by atoms with E-state index in [0.29, 0.717) is 18.0 Å². The average Bonchev–Trinajstić information content (AvgIpc) is 3.31. The van der Waals surface area contributed by atoms with E-state index in [1.807, 2.05) is 75.4 Å². The van der Waals surface area contributed by atoms with Crippen LogP contribution in [0.2, 0.25) is 0 Å². The van der Waals surface area contributed by atoms with Crippen LogP contribution in [0.15, 0.2) is 78.9 Å². The third-order valence-electron chi connectivity index (χ3n) is 7.39. The second kappa shape index (κ2) is 13.8. The van der Waals surface area contributed by atoms with Gasteiger partial charge in [0.25, 0.3) is 5.91 Å². The Balaban J connectivity index is 1.50. The monoisotopic (exact) mass is 590 g/mol. The highest BCUT2D eigenvalue weighted by atomic mass is 32.2. The summed E-state index contributed by atoms with van der Waals surface area (Å²) < 4.78 is 4.58. The van der Waals surface area contributed by atoms with E-state index in [1.54, 1.807) is 31.4 Å². The van der Waals surface area contributed by atoms with Crippen LogP contribution in [0.5, 0.6) is 5.75 Å². The summed E-state index contributed by atoms with van der Waals surface area (Å²) in [4.78, 5) is 41.7. The molecule has 0 aliphatic carbocycles. The normalized spacial score (nSPS) is 17.2. The standard InChI is InChI=1S/C32H38N4O5S/c1-21-10-8-9-13-23(21)19-33-29(38)28-32(2,3)42-20-36(28)30(39)27(37)26(18-22-11-6-5-7-12-22)35-31(40)34-24-14-16-25(41-4)17-15-24/h5-17,26-28,37H,18-20H2,1-4H3,(H,33,38)(H2,34,35,40). The molecule has 4 amide bonds. The molecule has 0 radical (unpaired) electrons. The number of methoxy groups -OCH3 is 1. The van der Waals surface area contributed by atoms with Crippen molar-refractivity contribution in [1.82, 2.24) is 15.5 Å². The molecule has 9 nitrogen and oxygen atoms in total. The van der Waals surface area contributed by atoms with Gasteiger partial charge in [0.15, 0.2) is 6.10 Å². The molecule has 10 heteroatoms. The fourth-order valence-electron chi connectivity index (χ4n) is 4.96. The van der Waals surface area contributed by atoms with Gasteiger partial charge in [-0.05, 0) is 68.1 Å². The zero-order chi connectivity index (χ0) is 30.3. The highest BCUT2D eigenvalue weighted by molar-refractivity contribution is 8.00. The molecule has 3 aromatic carbocycles. The van der Waals surface area contributed by atoms with Crippen molar-refractivity contribution in [3.63, 3.8) is 0 Å². The quantitative estimate of drug-likeness (QED) is 0.282. The maximum Gasteiger partial charge on any atom is 0.319 e. The smallest absolute Gasteiger partial charge is 0.319 e. The number of rotatable bonds is 10. The number of anilines is 1. The van der Waals surface area contributed by atoms with Crippen molar-refractivity contribution < 1.29 is 24.2 Å². The number of aliphatic hydroxyl groups is 1. The zero-order valence-corrected chi connectivity index (χ0v) is 25.1. The molecule has 1 saturated heterocycles. The zero-order valence-electron chi connectivity index (χ0n) is 24.3. The maximum absolute atomic E-state index is 13.8. The van der Waals surface area contributed by atoms with Crippen LogP contribution in [0.3, 0.4) is 0 Å². The molecule has 4 N–H and O–H groups in total. The van der Waals surface area contributed by atoms with Gasteiger partial charge in [-0.1, -0.05) is 54.6 Å². The Hall–Kier alpha value is -4.02. The lowest BCUT2D eigenvalue weighted by molar-refractivity contribution is -0.147. The first-order chi connectivity index (χ1) is 20.1. The Morgan fingerprint density at radius 3 is 2.36 bits per heavy atom. The van der Waals surface area contributed by atoms with Crippen molar-refractivity contribution in [3.05, 3.63) is 95.6 Å². The number of aryl methyl sites for hydroxylation is 1. The number of benzene rings is 3. The van der Waals surface area contributed by atoms with Gasteiger partial charge in [0, 0.05) is 17.0 Å². The van der Waals surface area contributed by atoms with Crippen LogP contribution in [-0.4, -0.2) is 63.8 Å². The summed E-state index contributed by atoms with van der Waals surface area (Å²) in [5.41, 5.74) is 3.41. The van der Waals surface area contributed by atoms with Crippen molar-refractivity contribution >= 4 is 35.3 Å². The molecule has 3 unspecified atom stereocenters. The second-order valence-electron chi connectivity index (χ2n) is 10.8. The fourth-order valence-corrected chi connectivity index (χ4v) is 6.10. The number of ether oxygens (including phenoxy) is 1. The summed E-state index contributed by atoms with van der Waals surface area (Å²) >= 11 is 1.47. The molecule has 1 aliphatic heterocycles. The Morgan fingerprint density at radius 1 is 1.02 bits per heavy atom. The van der Waals surface area contributed by atoms with E-state index in [-0.39, 0.29) is 18.2 Å². The molecule has 0 saturated carbocycles. The third-order valence-corrected chi connectivity index (χ3v) is 8.76. The first-order valence-corrected chi connectivity index (χ1v) is 14.8. The molecule has 222 valence electrons. The summed E-state index contributed by atoms with van der Waals surface area (Å²) in [5.74, 6) is -0.0252. The van der Waals surface area contributed by atoms with Gasteiger partial charge in [0.1, 0.15) is 11.8 Å². The highest BCUT2D eigenvalue weighted by Crippen LogP contribution is 2.40. The van der Waals surface area contributed by atoms with E-state index >= 15 is 0 Å². The van der Waals surface area contributed by atoms with Crippen LogP contribution >= 0.6 is 11.8 Å². The van der Waals surface area contributed by atoms with E-state index in [4.69, 9.17) is 4.74 Å². The molecule has 0 bridgehead atoms. The summed E-state index contributed by atoms with van der Waals surface area (Å²) in [6.07, 6.45) is -1.38. The number of nitrogens with zero attached hydrogens (tertiary/aromatic N) is 1. The van der Waals surface area contributed by atoms with E-state index < -0.39 is 34.9 Å². The van der Waals surface area contributed by atoms with Gasteiger partial charge in [-0.3, -0.25) is 9.59 Å². The Bertz CT molecular complexity index is 1380. The van der Waals surface area contributed by atoms with E-state index in [2.05, 4.69) is 16.0 Å². The third kappa shape index (κ3) is 7.63. The van der Waals surface area contributed by atoms with E-state index in [0.717, 1.165) is 16.7 Å². The predicted octanol–water partition coefficient (Wildman–Crippen LogP) is 4.09. The summed E-state index contributed by atoms with van der Waals surface area (Å²) in [6, 6.07) is 21.6. The Morgan fingerprint density at radius 2 is 1.69 bits per heavy atom. The minimum Gasteiger partial charge on any atom is -0.497 e. The van der Waals surface area contributed by atoms with E-state index in [1.165, 1.54) is 16.7 Å². The molecule has 1 heterocycles. The number of nitrogens with one attached hydrogen (secondary N) is 3. The van der Waals surface area contributed by atoms with Crippen molar-refractivity contribution in [1.29, 1.82) is 0 Å². The maximum atomic E-state index is 13.8. The van der Waals surface area contributed by atoms with Gasteiger partial charge in [0.05, 0.1) is 19.0 Å². The molecule has 3 aromatic rings. The largest absolute Gasteiger partial charge is 0.497 e. The molecule has 42 heavy (non-hydrogen) atoms. The molecule has 1 fully saturated rings. The van der Waals surface area contributed by atoms with Crippen LogP contribution in [0, 0.1) is 6.92 Å². The van der Waals surface area contributed by atoms with Crippen molar-refractivity contribution in [2.45, 2.75) is 56.7 Å². The van der Waals surface area contributed by atoms with Crippen molar-refractivity contribution in [2.24, 2.45) is 0 Å². The number of thioether (sulfide) groups is 1. The van der Waals surface area contributed by atoms with Crippen LogP contribution in [-0.2, 0) is 22.6 Å². The summed E-state index contributed by atoms with van der Waals surface area (Å²) in [7, 11) is 1.56. The lowest BCUT2D eigenvalue weighted by atomic mass is 9.97. The van der Waals surface area contributed by atoms with E-state index in [9.17, 15) is 19.5 Å². The van der Waals surface area contributed by atoms with Crippen molar-refractivity contribution in [2.75, 3.05) is 18.3 Å². The molecule has 0 aromatic heterocycles. The van der Waals surface area contributed by atoms with Gasteiger partial charge in [-0.25, -0.2) is 4.79 Å². The highest BCUT2D eigenvalue weighted by Gasteiger charge is 2.49. The first kappa shape index (κ1) is 30.9. The average molecular weight is 591 g/mol. The lowest BCUT2D eigenvalue weighted by Gasteiger charge is -2.33. The van der Waals surface area contributed by atoms with Gasteiger partial charge in [-0.2, -0.15) is 0 Å². The summed E-state index contributed by atoms with van der Waals surface area (Å²) in [6.45, 7) is 6.14. The number of hydrogen-bond donors (Lipinski definition) is 4. The Kier molecular flexibility index (Phi) is 10.1. The van der Waals surface area contributed by atoms with Crippen LogP contribution < -0.4 is 20.7 Å². The van der Waals surface area contributed by atoms with Crippen molar-refractivity contribution in [3.8, 4) is 5.75 Å². The molecule has 3 atom stereocenters. The van der Waals surface area contributed by atoms with Gasteiger partial charge in [-0.15, -0.1) is 11.8 Å². The molecule has 0 spiro atoms. The number of carbonyl (C=O) groups is 3. The number of carbonyl (C=O) groups excluding carboxylic acids is 3. The predicted molar refractivity (Wildman–Crippen MR) is 165 cm³/mol. The topological polar surface area (TPSA) is 120 Å². The number of urea groups is 1. The first-order valence-electron chi connectivity index (χ1n) is 13.8. The second-order valence-corrected chi connectivity index (χ2v) is 12.4. The number of aliphatic hydroxyl groups excluding tert-OH is 1. The Labute approximate surface area is 251 Å². The van der Waals surface area contributed by atoms with Gasteiger partial charge < -0.3 is 30.7 Å². The molecular formula is C32H38N4O5S. The minimum absolute atomic E-state index is 0.207. The van der Waals surface area contributed by atoms with Gasteiger partial charge in [0.2, 0.25) is 5.91 Å². The van der Waals surface area contributed by atoms with Crippen LogP contribution in [0.25, 0.3) is 0 Å². The lowest BCUT2D eigenvalue weighted by Crippen LogP contribution is -2.59. The fraction of sp³-hybridized carbons (Fsp3) is 0.344. The molecule has 1 aliphatic rings. The molecule has 4 rings (SSSR count). The number of hydrogen-bond acceptors (Lipinski definition) is 6. The number of amides is 4. The summed E-state index contributed by atoms with van der Waals surface area (Å²) in [5, 5.41) is 19.9. The van der Waals surface area contributed by atoms with Gasteiger partial charge >= 0.3 is 6.03 Å². The molecular weight excluding hydrogens is 552 g/mol. The van der Waals surface area contributed by atoms with Crippen LogP contribution in [0.1, 0.15) is 30.5 Å². The minimum atomic E-state index is -1.59. The SMILES string of the molecule is COc1ccc(NC(=O)NC(Cc2ccccc2)C(O)C(=O)N2CSC(C)(C)C2C(=O)NCc2ccccc2C)cc1.